The summed E-state index contributed by atoms with van der Waals surface area (Å²) in [7, 11) is 0. The molecule has 3 N–H and O–H groups in total. The summed E-state index contributed by atoms with van der Waals surface area (Å²) in [6.07, 6.45) is 4.73. The van der Waals surface area contributed by atoms with E-state index in [1.807, 2.05) is 42.5 Å². The Morgan fingerprint density at radius 1 is 0.938 bits per heavy atom. The summed E-state index contributed by atoms with van der Waals surface area (Å²) in [5, 5.41) is 10.3. The number of fused-ring (bicyclic) bond motifs is 2. The maximum Gasteiger partial charge on any atom is 0.0722 e. The van der Waals surface area contributed by atoms with Crippen LogP contribution in [0.1, 0.15) is 11.1 Å². The molecule has 0 radical (unpaired) electrons. The predicted octanol–water partition coefficient (Wildman–Crippen LogP) is 7.73. The van der Waals surface area contributed by atoms with Crippen molar-refractivity contribution in [2.75, 3.05) is 17.2 Å². The van der Waals surface area contributed by atoms with Crippen LogP contribution in [0.2, 0.25) is 10.0 Å². The van der Waals surface area contributed by atoms with Gasteiger partial charge in [0.1, 0.15) is 0 Å². The molecule has 0 spiro atoms. The fourth-order valence-corrected chi connectivity index (χ4v) is 4.69. The molecule has 0 aliphatic carbocycles. The number of hydrogen-bond donors (Lipinski definition) is 3. The Labute approximate surface area is 196 Å². The maximum atomic E-state index is 6.59. The molecule has 0 fully saturated rings. The first-order chi connectivity index (χ1) is 15.6. The summed E-state index contributed by atoms with van der Waals surface area (Å²) in [5.74, 6) is 0. The molecule has 4 nitrogen and oxygen atoms in total. The Morgan fingerprint density at radius 2 is 1.72 bits per heavy atom. The molecule has 0 saturated carbocycles. The van der Waals surface area contributed by atoms with Gasteiger partial charge in [-0.25, -0.2) is 0 Å². The van der Waals surface area contributed by atoms with E-state index in [4.69, 9.17) is 23.2 Å². The third kappa shape index (κ3) is 3.99. The Hall–Kier alpha value is -3.21. The van der Waals surface area contributed by atoms with E-state index in [1.54, 1.807) is 6.20 Å². The van der Waals surface area contributed by atoms with E-state index in [-0.39, 0.29) is 0 Å². The highest BCUT2D eigenvalue weighted by Gasteiger charge is 2.11. The van der Waals surface area contributed by atoms with E-state index in [1.165, 1.54) is 22.0 Å². The first kappa shape index (κ1) is 20.7. The number of aryl methyl sites for hydroxylation is 1. The van der Waals surface area contributed by atoms with Crippen LogP contribution in [0.5, 0.6) is 0 Å². The van der Waals surface area contributed by atoms with E-state index in [2.05, 4.69) is 51.9 Å². The molecule has 5 rings (SSSR count). The van der Waals surface area contributed by atoms with E-state index >= 15 is 0 Å². The molecule has 0 amide bonds. The molecule has 160 valence electrons. The van der Waals surface area contributed by atoms with Crippen molar-refractivity contribution in [3.8, 4) is 0 Å². The fraction of sp³-hybridized carbons (Fsp3) is 0.115. The van der Waals surface area contributed by atoms with Gasteiger partial charge in [0.05, 0.1) is 21.2 Å². The van der Waals surface area contributed by atoms with Crippen molar-refractivity contribution >= 4 is 62.1 Å². The summed E-state index contributed by atoms with van der Waals surface area (Å²) in [6, 6.07) is 20.1. The number of halogens is 2. The highest BCUT2D eigenvalue weighted by molar-refractivity contribution is 6.39. The molecule has 3 aromatic carbocycles. The van der Waals surface area contributed by atoms with Crippen LogP contribution in [-0.4, -0.2) is 16.5 Å². The van der Waals surface area contributed by atoms with Crippen molar-refractivity contribution in [3.63, 3.8) is 0 Å². The van der Waals surface area contributed by atoms with Crippen LogP contribution in [0.25, 0.3) is 21.8 Å². The van der Waals surface area contributed by atoms with Crippen LogP contribution < -0.4 is 10.6 Å². The monoisotopic (exact) mass is 460 g/mol. The minimum Gasteiger partial charge on any atom is -0.382 e. The van der Waals surface area contributed by atoms with E-state index < -0.39 is 0 Å². The largest absolute Gasteiger partial charge is 0.382 e. The zero-order chi connectivity index (χ0) is 22.1. The van der Waals surface area contributed by atoms with Crippen LogP contribution in [0.3, 0.4) is 0 Å². The summed E-state index contributed by atoms with van der Waals surface area (Å²) < 4.78 is 0. The smallest absolute Gasteiger partial charge is 0.0722 e. The number of nitrogens with zero attached hydrogens (tertiary/aromatic N) is 1. The van der Waals surface area contributed by atoms with Crippen molar-refractivity contribution in [1.29, 1.82) is 0 Å². The zero-order valence-electron chi connectivity index (χ0n) is 17.5. The molecule has 0 atom stereocenters. The molecule has 0 bridgehead atoms. The molecule has 0 aliphatic heterocycles. The normalized spacial score (nSPS) is 11.2. The van der Waals surface area contributed by atoms with Crippen molar-refractivity contribution < 1.29 is 0 Å². The number of aromatic nitrogens is 2. The fourth-order valence-electron chi connectivity index (χ4n) is 4.07. The quantitative estimate of drug-likeness (QED) is 0.243. The average Bonchev–Trinajstić information content (AvgIpc) is 3.20. The number of aromatic amines is 1. The lowest BCUT2D eigenvalue weighted by molar-refractivity contribution is 1.03. The Balaban J connectivity index is 1.32. The number of nitrogens with one attached hydrogen (secondary N) is 3. The van der Waals surface area contributed by atoms with Crippen molar-refractivity contribution in [2.24, 2.45) is 0 Å². The van der Waals surface area contributed by atoms with Crippen molar-refractivity contribution in [2.45, 2.75) is 13.3 Å². The van der Waals surface area contributed by atoms with Gasteiger partial charge in [0, 0.05) is 46.6 Å². The Bertz CT molecular complexity index is 1400. The molecular weight excluding hydrogens is 439 g/mol. The lowest BCUT2D eigenvalue weighted by atomic mass is 10.1. The predicted molar refractivity (Wildman–Crippen MR) is 137 cm³/mol. The SMILES string of the molecule is Cc1cccc2c(CCNc3c(Cl)cc(Nc4ccnc5ccccc45)cc3Cl)c[nH]c12. The van der Waals surface area contributed by atoms with Crippen LogP contribution in [0.15, 0.2) is 73.1 Å². The van der Waals surface area contributed by atoms with E-state index in [9.17, 15) is 0 Å². The van der Waals surface area contributed by atoms with Gasteiger partial charge < -0.3 is 15.6 Å². The van der Waals surface area contributed by atoms with Crippen molar-refractivity contribution in [3.05, 3.63) is 94.2 Å². The number of pyridine rings is 1. The van der Waals surface area contributed by atoms with Crippen LogP contribution in [-0.2, 0) is 6.42 Å². The zero-order valence-corrected chi connectivity index (χ0v) is 19.1. The van der Waals surface area contributed by atoms with Gasteiger partial charge in [0.25, 0.3) is 0 Å². The molecule has 6 heteroatoms. The van der Waals surface area contributed by atoms with Gasteiger partial charge >= 0.3 is 0 Å². The first-order valence-electron chi connectivity index (χ1n) is 10.5. The second-order valence-electron chi connectivity index (χ2n) is 7.80. The van der Waals surface area contributed by atoms with Gasteiger partial charge in [-0.2, -0.15) is 0 Å². The summed E-state index contributed by atoms with van der Waals surface area (Å²) in [4.78, 5) is 7.79. The summed E-state index contributed by atoms with van der Waals surface area (Å²) >= 11 is 13.2. The average molecular weight is 461 g/mol. The standard InChI is InChI=1S/C26H22Cl2N4/c1-16-5-4-7-19-17(15-31-25(16)19)9-11-30-26-21(27)13-18(14-22(26)28)32-24-10-12-29-23-8-3-2-6-20(23)24/h2-8,10,12-15,30-31H,9,11H2,1H3,(H,29,32). The number of hydrogen-bond acceptors (Lipinski definition) is 3. The minimum atomic E-state index is 0.577. The number of para-hydroxylation sites is 2. The van der Waals surface area contributed by atoms with E-state index in [0.717, 1.165) is 40.9 Å². The van der Waals surface area contributed by atoms with Gasteiger partial charge in [0.2, 0.25) is 0 Å². The Morgan fingerprint density at radius 3 is 2.56 bits per heavy atom. The van der Waals surface area contributed by atoms with Crippen LogP contribution in [0.4, 0.5) is 17.1 Å². The van der Waals surface area contributed by atoms with Gasteiger partial charge in [-0.15, -0.1) is 0 Å². The molecule has 2 heterocycles. The van der Waals surface area contributed by atoms with Crippen LogP contribution in [0, 0.1) is 6.92 Å². The molecule has 0 saturated heterocycles. The molecular formula is C26H22Cl2N4. The van der Waals surface area contributed by atoms with Gasteiger partial charge in [-0.1, -0.05) is 59.6 Å². The van der Waals surface area contributed by atoms with Gasteiger partial charge in [0.15, 0.2) is 0 Å². The third-order valence-corrected chi connectivity index (χ3v) is 6.27. The molecule has 2 aromatic heterocycles. The Kier molecular flexibility index (Phi) is 5.64. The van der Waals surface area contributed by atoms with Crippen LogP contribution >= 0.6 is 23.2 Å². The van der Waals surface area contributed by atoms with Gasteiger partial charge in [-0.05, 0) is 48.7 Å². The highest BCUT2D eigenvalue weighted by atomic mass is 35.5. The molecule has 5 aromatic rings. The lowest BCUT2D eigenvalue weighted by Crippen LogP contribution is -2.06. The van der Waals surface area contributed by atoms with E-state index in [0.29, 0.717) is 10.0 Å². The third-order valence-electron chi connectivity index (χ3n) is 5.68. The first-order valence-corrected chi connectivity index (χ1v) is 11.2. The lowest BCUT2D eigenvalue weighted by Gasteiger charge is -2.14. The second kappa shape index (κ2) is 8.73. The topological polar surface area (TPSA) is 52.7 Å². The van der Waals surface area contributed by atoms with Crippen molar-refractivity contribution in [1.82, 2.24) is 9.97 Å². The number of anilines is 3. The number of rotatable bonds is 6. The minimum absolute atomic E-state index is 0.577. The number of H-pyrrole nitrogens is 1. The molecule has 0 unspecified atom stereocenters. The highest BCUT2D eigenvalue weighted by Crippen LogP contribution is 2.36. The number of benzene rings is 3. The maximum absolute atomic E-state index is 6.59. The molecule has 32 heavy (non-hydrogen) atoms. The summed E-state index contributed by atoms with van der Waals surface area (Å²) in [5.41, 5.74) is 7.17. The van der Waals surface area contributed by atoms with Gasteiger partial charge in [-0.3, -0.25) is 4.98 Å². The summed E-state index contributed by atoms with van der Waals surface area (Å²) in [6.45, 7) is 2.84. The second-order valence-corrected chi connectivity index (χ2v) is 8.62. The molecule has 0 aliphatic rings.